The van der Waals surface area contributed by atoms with Crippen molar-refractivity contribution in [2.75, 3.05) is 27.3 Å². The Morgan fingerprint density at radius 3 is 2.38 bits per heavy atom. The maximum absolute atomic E-state index is 11.9. The van der Waals surface area contributed by atoms with Crippen molar-refractivity contribution in [2.24, 2.45) is 0 Å². The van der Waals surface area contributed by atoms with Crippen LogP contribution in [0.15, 0.2) is 18.2 Å². The van der Waals surface area contributed by atoms with E-state index >= 15 is 0 Å². The number of carbonyl (C=O) groups excluding carboxylic acids is 2. The number of hydrogen-bond acceptors (Lipinski definition) is 4. The van der Waals surface area contributed by atoms with Crippen molar-refractivity contribution in [2.45, 2.75) is 39.7 Å². The van der Waals surface area contributed by atoms with Crippen molar-refractivity contribution in [3.05, 3.63) is 23.8 Å². The summed E-state index contributed by atoms with van der Waals surface area (Å²) >= 11 is 0. The molecule has 2 amide bonds. The largest absolute Gasteiger partial charge is 0.493 e. The van der Waals surface area contributed by atoms with Gasteiger partial charge in [0, 0.05) is 32.5 Å². The van der Waals surface area contributed by atoms with Crippen LogP contribution in [0.2, 0.25) is 0 Å². The summed E-state index contributed by atoms with van der Waals surface area (Å²) in [6.45, 7) is 6.38. The number of amides is 2. The molecule has 0 aliphatic rings. The van der Waals surface area contributed by atoms with Gasteiger partial charge in [-0.1, -0.05) is 6.07 Å². The zero-order valence-corrected chi connectivity index (χ0v) is 15.2. The van der Waals surface area contributed by atoms with Crippen molar-refractivity contribution in [1.82, 2.24) is 10.2 Å². The summed E-state index contributed by atoms with van der Waals surface area (Å²) in [7, 11) is 3.19. The van der Waals surface area contributed by atoms with Gasteiger partial charge in [-0.15, -0.1) is 0 Å². The average Bonchev–Trinajstić information content (AvgIpc) is 2.54. The van der Waals surface area contributed by atoms with E-state index in [1.54, 1.807) is 19.1 Å². The lowest BCUT2D eigenvalue weighted by molar-refractivity contribution is -0.131. The maximum atomic E-state index is 11.9. The molecule has 0 aliphatic carbocycles. The first-order valence-electron chi connectivity index (χ1n) is 8.13. The van der Waals surface area contributed by atoms with Crippen molar-refractivity contribution in [1.29, 1.82) is 0 Å². The van der Waals surface area contributed by atoms with Crippen molar-refractivity contribution < 1.29 is 19.1 Å². The van der Waals surface area contributed by atoms with Gasteiger partial charge in [-0.2, -0.15) is 0 Å². The van der Waals surface area contributed by atoms with Crippen molar-refractivity contribution in [3.8, 4) is 11.5 Å². The first kappa shape index (κ1) is 19.8. The van der Waals surface area contributed by atoms with E-state index in [-0.39, 0.29) is 17.9 Å². The van der Waals surface area contributed by atoms with E-state index in [0.717, 1.165) is 5.56 Å². The van der Waals surface area contributed by atoms with E-state index < -0.39 is 0 Å². The van der Waals surface area contributed by atoms with Gasteiger partial charge >= 0.3 is 0 Å². The number of benzene rings is 1. The summed E-state index contributed by atoms with van der Waals surface area (Å²) in [4.78, 5) is 25.1. The van der Waals surface area contributed by atoms with Gasteiger partial charge in [-0.25, -0.2) is 0 Å². The molecule has 0 bridgehead atoms. The van der Waals surface area contributed by atoms with Gasteiger partial charge in [-0.3, -0.25) is 9.59 Å². The predicted octanol–water partition coefficient (Wildman–Crippen LogP) is 2.01. The molecule has 0 spiro atoms. The van der Waals surface area contributed by atoms with Gasteiger partial charge in [0.2, 0.25) is 11.8 Å². The molecule has 0 unspecified atom stereocenters. The number of nitrogens with zero attached hydrogens (tertiary/aromatic N) is 1. The molecular weight excluding hydrogens is 308 g/mol. The Kier molecular flexibility index (Phi) is 8.09. The Labute approximate surface area is 144 Å². The molecule has 6 nitrogen and oxygen atoms in total. The lowest BCUT2D eigenvalue weighted by Crippen LogP contribution is -2.38. The van der Waals surface area contributed by atoms with Gasteiger partial charge in [0.25, 0.3) is 0 Å². The third-order valence-corrected chi connectivity index (χ3v) is 3.79. The summed E-state index contributed by atoms with van der Waals surface area (Å²) in [5, 5.41) is 2.88. The van der Waals surface area contributed by atoms with Crippen LogP contribution in [0, 0.1) is 0 Å². The fraction of sp³-hybridized carbons (Fsp3) is 0.556. The second-order valence-electron chi connectivity index (χ2n) is 5.85. The Morgan fingerprint density at radius 2 is 1.83 bits per heavy atom. The Morgan fingerprint density at radius 1 is 1.17 bits per heavy atom. The zero-order chi connectivity index (χ0) is 18.1. The van der Waals surface area contributed by atoms with Gasteiger partial charge in [0.05, 0.1) is 14.2 Å². The standard InChI is InChI=1S/C18H28N2O4/c1-13(2)20(14(3)21)11-9-18(22)19-10-8-15-6-7-16(23-4)17(12-15)24-5/h6-7,12-13H,8-11H2,1-5H3,(H,19,22). The van der Waals surface area contributed by atoms with E-state index in [2.05, 4.69) is 5.32 Å². The highest BCUT2D eigenvalue weighted by Crippen LogP contribution is 2.27. The molecule has 0 heterocycles. The Hall–Kier alpha value is -2.24. The molecule has 1 aromatic rings. The fourth-order valence-corrected chi connectivity index (χ4v) is 2.47. The van der Waals surface area contributed by atoms with E-state index in [1.165, 1.54) is 6.92 Å². The monoisotopic (exact) mass is 336 g/mol. The number of nitrogens with one attached hydrogen (secondary N) is 1. The van der Waals surface area contributed by atoms with Gasteiger partial charge in [0.1, 0.15) is 0 Å². The Bertz CT molecular complexity index is 558. The number of ether oxygens (including phenoxy) is 2. The normalized spacial score (nSPS) is 10.4. The second kappa shape index (κ2) is 9.80. The fourth-order valence-electron chi connectivity index (χ4n) is 2.47. The highest BCUT2D eigenvalue weighted by Gasteiger charge is 2.14. The van der Waals surface area contributed by atoms with Crippen LogP contribution >= 0.6 is 0 Å². The second-order valence-corrected chi connectivity index (χ2v) is 5.85. The van der Waals surface area contributed by atoms with Crippen LogP contribution in [-0.2, 0) is 16.0 Å². The molecule has 1 N–H and O–H groups in total. The summed E-state index contributed by atoms with van der Waals surface area (Å²) in [6.07, 6.45) is 1.01. The quantitative estimate of drug-likeness (QED) is 0.749. The molecule has 1 aromatic carbocycles. The van der Waals surface area contributed by atoms with Gasteiger partial charge in [0.15, 0.2) is 11.5 Å². The summed E-state index contributed by atoms with van der Waals surface area (Å²) in [5.41, 5.74) is 1.06. The van der Waals surface area contributed by atoms with Crippen LogP contribution in [-0.4, -0.2) is 50.1 Å². The van der Waals surface area contributed by atoms with E-state index in [1.807, 2.05) is 32.0 Å². The number of rotatable bonds is 9. The number of methoxy groups -OCH3 is 2. The number of carbonyl (C=O) groups is 2. The van der Waals surface area contributed by atoms with Gasteiger partial charge in [-0.05, 0) is 38.0 Å². The molecule has 0 aliphatic heterocycles. The van der Waals surface area contributed by atoms with Crippen LogP contribution < -0.4 is 14.8 Å². The van der Waals surface area contributed by atoms with Crippen LogP contribution in [0.3, 0.4) is 0 Å². The lowest BCUT2D eigenvalue weighted by atomic mass is 10.1. The molecule has 24 heavy (non-hydrogen) atoms. The van der Waals surface area contributed by atoms with Crippen molar-refractivity contribution in [3.63, 3.8) is 0 Å². The van der Waals surface area contributed by atoms with Gasteiger partial charge < -0.3 is 19.7 Å². The van der Waals surface area contributed by atoms with Crippen LogP contribution in [0.5, 0.6) is 11.5 Å². The molecule has 1 rings (SSSR count). The smallest absolute Gasteiger partial charge is 0.221 e. The minimum atomic E-state index is -0.0534. The molecular formula is C18H28N2O4. The third-order valence-electron chi connectivity index (χ3n) is 3.79. The molecule has 0 radical (unpaired) electrons. The molecule has 0 saturated heterocycles. The molecule has 134 valence electrons. The summed E-state index contributed by atoms with van der Waals surface area (Å²) in [6, 6.07) is 5.80. The zero-order valence-electron chi connectivity index (χ0n) is 15.2. The first-order chi connectivity index (χ1) is 11.4. The number of hydrogen-bond donors (Lipinski definition) is 1. The molecule has 0 saturated carbocycles. The van der Waals surface area contributed by atoms with E-state index in [4.69, 9.17) is 9.47 Å². The minimum absolute atomic E-state index is 0.0110. The maximum Gasteiger partial charge on any atom is 0.221 e. The third kappa shape index (κ3) is 6.10. The molecule has 0 atom stereocenters. The molecule has 0 aromatic heterocycles. The minimum Gasteiger partial charge on any atom is -0.493 e. The van der Waals surface area contributed by atoms with Crippen LogP contribution in [0.1, 0.15) is 32.8 Å². The highest BCUT2D eigenvalue weighted by molar-refractivity contribution is 5.78. The van der Waals surface area contributed by atoms with Crippen molar-refractivity contribution >= 4 is 11.8 Å². The molecule has 0 fully saturated rings. The average molecular weight is 336 g/mol. The van der Waals surface area contributed by atoms with E-state index in [9.17, 15) is 9.59 Å². The molecule has 6 heteroatoms. The highest BCUT2D eigenvalue weighted by atomic mass is 16.5. The predicted molar refractivity (Wildman–Crippen MR) is 93.4 cm³/mol. The Balaban J connectivity index is 2.41. The van der Waals surface area contributed by atoms with Crippen LogP contribution in [0.4, 0.5) is 0 Å². The summed E-state index contributed by atoms with van der Waals surface area (Å²) < 4.78 is 10.5. The lowest BCUT2D eigenvalue weighted by Gasteiger charge is -2.24. The summed E-state index contributed by atoms with van der Waals surface area (Å²) in [5.74, 6) is 1.30. The van der Waals surface area contributed by atoms with Crippen LogP contribution in [0.25, 0.3) is 0 Å². The first-order valence-corrected chi connectivity index (χ1v) is 8.13. The topological polar surface area (TPSA) is 67.9 Å². The van der Waals surface area contributed by atoms with E-state index in [0.29, 0.717) is 37.4 Å². The SMILES string of the molecule is COc1ccc(CCNC(=O)CCN(C(C)=O)C(C)C)cc1OC.